The van der Waals surface area contributed by atoms with Gasteiger partial charge in [-0.1, -0.05) is 12.1 Å². The highest BCUT2D eigenvalue weighted by atomic mass is 32.1. The van der Waals surface area contributed by atoms with Crippen LogP contribution in [0.4, 0.5) is 8.78 Å². The number of hydrogen-bond donors (Lipinski definition) is 1. The summed E-state index contributed by atoms with van der Waals surface area (Å²) in [4.78, 5) is 16.7. The van der Waals surface area contributed by atoms with Crippen LogP contribution in [0.5, 0.6) is 17.2 Å². The zero-order valence-electron chi connectivity index (χ0n) is 16.4. The number of benzene rings is 2. The largest absolute Gasteiger partial charge is 0.493 e. The topological polar surface area (TPSA) is 69.7 Å². The fraction of sp³-hybridized carbons (Fsp3) is 0.238. The molecule has 0 radical (unpaired) electrons. The van der Waals surface area contributed by atoms with E-state index in [0.29, 0.717) is 17.2 Å². The highest BCUT2D eigenvalue weighted by molar-refractivity contribution is 7.13. The van der Waals surface area contributed by atoms with Crippen molar-refractivity contribution < 1.29 is 27.8 Å². The number of ether oxygens (including phenoxy) is 3. The Bertz CT molecular complexity index is 993. The summed E-state index contributed by atoms with van der Waals surface area (Å²) in [6.07, 6.45) is 0.135. The second kappa shape index (κ2) is 10.0. The summed E-state index contributed by atoms with van der Waals surface area (Å²) in [5.74, 6) is 1.12. The zero-order chi connectivity index (χ0) is 21.5. The lowest BCUT2D eigenvalue weighted by atomic mass is 10.2. The van der Waals surface area contributed by atoms with E-state index in [2.05, 4.69) is 15.0 Å². The predicted octanol–water partition coefficient (Wildman–Crippen LogP) is 4.29. The van der Waals surface area contributed by atoms with Gasteiger partial charge in [-0.25, -0.2) is 4.98 Å². The van der Waals surface area contributed by atoms with E-state index in [9.17, 15) is 13.6 Å². The number of rotatable bonds is 9. The van der Waals surface area contributed by atoms with Gasteiger partial charge >= 0.3 is 6.61 Å². The number of hydrogen-bond acceptors (Lipinski definition) is 6. The summed E-state index contributed by atoms with van der Waals surface area (Å²) in [6.45, 7) is -2.59. The SMILES string of the molecule is COc1ccc(-c2nc(CC(=O)NCc3ccc(OC(F)F)cc3)cs2)cc1OC. The van der Waals surface area contributed by atoms with Gasteiger partial charge in [0.2, 0.25) is 5.91 Å². The quantitative estimate of drug-likeness (QED) is 0.544. The number of carbonyl (C=O) groups excluding carboxylic acids is 1. The van der Waals surface area contributed by atoms with E-state index in [1.165, 1.54) is 23.5 Å². The smallest absolute Gasteiger partial charge is 0.387 e. The molecule has 0 spiro atoms. The molecular weight excluding hydrogens is 414 g/mol. The summed E-state index contributed by atoms with van der Waals surface area (Å²) in [7, 11) is 3.14. The van der Waals surface area contributed by atoms with Crippen molar-refractivity contribution in [3.8, 4) is 27.8 Å². The van der Waals surface area contributed by atoms with Gasteiger partial charge in [-0.15, -0.1) is 11.3 Å². The number of halogens is 2. The number of carbonyl (C=O) groups is 1. The van der Waals surface area contributed by atoms with Crippen LogP contribution >= 0.6 is 11.3 Å². The normalized spacial score (nSPS) is 10.7. The van der Waals surface area contributed by atoms with Gasteiger partial charge in [-0.05, 0) is 35.9 Å². The van der Waals surface area contributed by atoms with Gasteiger partial charge in [0.05, 0.1) is 26.3 Å². The van der Waals surface area contributed by atoms with Crippen LogP contribution in [-0.2, 0) is 17.8 Å². The maximum atomic E-state index is 12.2. The van der Waals surface area contributed by atoms with Crippen molar-refractivity contribution in [3.63, 3.8) is 0 Å². The van der Waals surface area contributed by atoms with Gasteiger partial charge < -0.3 is 19.5 Å². The Morgan fingerprint density at radius 3 is 2.50 bits per heavy atom. The molecule has 3 aromatic rings. The molecule has 6 nitrogen and oxygen atoms in total. The lowest BCUT2D eigenvalue weighted by Gasteiger charge is -2.08. The molecule has 0 saturated carbocycles. The standard InChI is InChI=1S/C21H20F2N2O4S/c1-27-17-8-5-14(9-18(17)28-2)20-25-15(12-30-20)10-19(26)24-11-13-3-6-16(7-4-13)29-21(22)23/h3-9,12,21H,10-11H2,1-2H3,(H,24,26). The Hall–Kier alpha value is -3.20. The molecule has 2 aromatic carbocycles. The summed E-state index contributed by atoms with van der Waals surface area (Å²) < 4.78 is 39.2. The molecule has 0 aliphatic carbocycles. The minimum atomic E-state index is -2.86. The van der Waals surface area contributed by atoms with Crippen LogP contribution in [0.15, 0.2) is 47.8 Å². The highest BCUT2D eigenvalue weighted by Gasteiger charge is 2.12. The minimum absolute atomic E-state index is 0.0743. The van der Waals surface area contributed by atoms with Gasteiger partial charge in [-0.2, -0.15) is 8.78 Å². The highest BCUT2D eigenvalue weighted by Crippen LogP contribution is 2.33. The van der Waals surface area contributed by atoms with E-state index >= 15 is 0 Å². The second-order valence-electron chi connectivity index (χ2n) is 6.19. The Balaban J connectivity index is 1.56. The third-order valence-corrected chi connectivity index (χ3v) is 5.10. The van der Waals surface area contributed by atoms with Crippen molar-refractivity contribution in [2.75, 3.05) is 14.2 Å². The maximum Gasteiger partial charge on any atom is 0.387 e. The molecule has 0 fully saturated rings. The fourth-order valence-electron chi connectivity index (χ4n) is 2.71. The Morgan fingerprint density at radius 1 is 1.10 bits per heavy atom. The van der Waals surface area contributed by atoms with Crippen LogP contribution < -0.4 is 19.5 Å². The molecule has 9 heteroatoms. The molecule has 0 aliphatic heterocycles. The third-order valence-electron chi connectivity index (χ3n) is 4.16. The predicted molar refractivity (Wildman–Crippen MR) is 109 cm³/mol. The number of thiazole rings is 1. The zero-order valence-corrected chi connectivity index (χ0v) is 17.2. The lowest BCUT2D eigenvalue weighted by molar-refractivity contribution is -0.120. The van der Waals surface area contributed by atoms with Gasteiger partial charge in [0, 0.05) is 17.5 Å². The molecule has 0 aliphatic rings. The number of alkyl halides is 2. The summed E-state index contributed by atoms with van der Waals surface area (Å²) in [5, 5.41) is 5.40. The van der Waals surface area contributed by atoms with Gasteiger partial charge in [0.25, 0.3) is 0 Å². The van der Waals surface area contributed by atoms with Crippen molar-refractivity contribution in [1.82, 2.24) is 10.3 Å². The van der Waals surface area contributed by atoms with Crippen molar-refractivity contribution in [1.29, 1.82) is 0 Å². The molecular formula is C21H20F2N2O4S. The van der Waals surface area contributed by atoms with E-state index < -0.39 is 6.61 Å². The van der Waals surface area contributed by atoms with Gasteiger partial charge in [-0.3, -0.25) is 4.79 Å². The van der Waals surface area contributed by atoms with E-state index in [1.807, 2.05) is 17.5 Å². The first-order valence-electron chi connectivity index (χ1n) is 8.95. The first kappa shape index (κ1) is 21.5. The van der Waals surface area contributed by atoms with E-state index in [1.54, 1.807) is 32.4 Å². The Labute approximate surface area is 176 Å². The fourth-order valence-corrected chi connectivity index (χ4v) is 3.52. The number of aromatic nitrogens is 1. The number of amides is 1. The molecule has 1 heterocycles. The molecule has 0 atom stereocenters. The molecule has 3 rings (SSSR count). The van der Waals surface area contributed by atoms with Gasteiger partial charge in [0.1, 0.15) is 10.8 Å². The molecule has 0 saturated heterocycles. The van der Waals surface area contributed by atoms with Crippen LogP contribution in [-0.4, -0.2) is 31.7 Å². The number of nitrogens with zero attached hydrogens (tertiary/aromatic N) is 1. The minimum Gasteiger partial charge on any atom is -0.493 e. The van der Waals surface area contributed by atoms with Crippen LogP contribution in [0.2, 0.25) is 0 Å². The average molecular weight is 434 g/mol. The first-order chi connectivity index (χ1) is 14.5. The Kier molecular flexibility index (Phi) is 7.18. The first-order valence-corrected chi connectivity index (χ1v) is 9.83. The maximum absolute atomic E-state index is 12.2. The molecule has 158 valence electrons. The molecule has 0 unspecified atom stereocenters. The molecule has 1 aromatic heterocycles. The van der Waals surface area contributed by atoms with Crippen molar-refractivity contribution in [2.45, 2.75) is 19.6 Å². The second-order valence-corrected chi connectivity index (χ2v) is 7.05. The molecule has 30 heavy (non-hydrogen) atoms. The summed E-state index contributed by atoms with van der Waals surface area (Å²) in [6, 6.07) is 11.6. The van der Waals surface area contributed by atoms with E-state index in [0.717, 1.165) is 16.1 Å². The summed E-state index contributed by atoms with van der Waals surface area (Å²) in [5.41, 5.74) is 2.30. The molecule has 0 bridgehead atoms. The summed E-state index contributed by atoms with van der Waals surface area (Å²) >= 11 is 1.44. The van der Waals surface area contributed by atoms with Crippen LogP contribution in [0.3, 0.4) is 0 Å². The molecule has 1 amide bonds. The van der Waals surface area contributed by atoms with Crippen LogP contribution in [0.25, 0.3) is 10.6 Å². The third kappa shape index (κ3) is 5.66. The van der Waals surface area contributed by atoms with Crippen molar-refractivity contribution in [3.05, 3.63) is 59.1 Å². The van der Waals surface area contributed by atoms with Crippen LogP contribution in [0.1, 0.15) is 11.3 Å². The van der Waals surface area contributed by atoms with Crippen molar-refractivity contribution >= 4 is 17.2 Å². The van der Waals surface area contributed by atoms with Crippen LogP contribution in [0, 0.1) is 0 Å². The number of methoxy groups -OCH3 is 2. The average Bonchev–Trinajstić information content (AvgIpc) is 3.20. The lowest BCUT2D eigenvalue weighted by Crippen LogP contribution is -2.24. The van der Waals surface area contributed by atoms with E-state index in [4.69, 9.17) is 9.47 Å². The number of nitrogens with one attached hydrogen (secondary N) is 1. The molecule has 1 N–H and O–H groups in total. The van der Waals surface area contributed by atoms with E-state index in [-0.39, 0.29) is 24.6 Å². The monoisotopic (exact) mass is 434 g/mol. The Morgan fingerprint density at radius 2 is 1.83 bits per heavy atom. The van der Waals surface area contributed by atoms with Gasteiger partial charge in [0.15, 0.2) is 11.5 Å². The van der Waals surface area contributed by atoms with Crippen molar-refractivity contribution in [2.24, 2.45) is 0 Å².